The van der Waals surface area contributed by atoms with Gasteiger partial charge in [-0.1, -0.05) is 30.3 Å². The molecule has 1 aliphatic rings. The number of rotatable bonds is 0. The molecule has 104 valence electrons. The molecule has 0 bridgehead atoms. The Hall–Kier alpha value is -2.94. The van der Waals surface area contributed by atoms with Crippen LogP contribution in [0.5, 0.6) is 0 Å². The van der Waals surface area contributed by atoms with Gasteiger partial charge in [0.2, 0.25) is 0 Å². The minimum Gasteiger partial charge on any atom is -0.456 e. The van der Waals surface area contributed by atoms with Crippen LogP contribution < -0.4 is 0 Å². The van der Waals surface area contributed by atoms with Crippen LogP contribution in [0.4, 0.5) is 4.39 Å². The minimum atomic E-state index is -0.373. The Labute approximate surface area is 124 Å². The summed E-state index contributed by atoms with van der Waals surface area (Å²) in [4.78, 5) is 12.5. The summed E-state index contributed by atoms with van der Waals surface area (Å²) in [5, 5.41) is 1.71. The standard InChI is InChI=1S/C19H9FO2/c20-13-6-3-5-11-16(13)18-12(19(11)21)8-9-15-17(18)10-4-1-2-7-14(10)22-15/h1-9H. The average molecular weight is 288 g/mol. The molecule has 1 aliphatic carbocycles. The summed E-state index contributed by atoms with van der Waals surface area (Å²) < 4.78 is 20.2. The highest BCUT2D eigenvalue weighted by Crippen LogP contribution is 2.45. The molecule has 3 heteroatoms. The fourth-order valence-electron chi connectivity index (χ4n) is 3.38. The zero-order valence-electron chi connectivity index (χ0n) is 11.4. The van der Waals surface area contributed by atoms with Crippen LogP contribution in [-0.2, 0) is 0 Å². The summed E-state index contributed by atoms with van der Waals surface area (Å²) in [7, 11) is 0. The van der Waals surface area contributed by atoms with E-state index in [0.29, 0.717) is 27.8 Å². The molecule has 0 N–H and O–H groups in total. The van der Waals surface area contributed by atoms with Gasteiger partial charge in [0.05, 0.1) is 0 Å². The van der Waals surface area contributed by atoms with Crippen molar-refractivity contribution in [2.75, 3.05) is 0 Å². The maximum Gasteiger partial charge on any atom is 0.194 e. The summed E-state index contributed by atoms with van der Waals surface area (Å²) in [6.45, 7) is 0. The van der Waals surface area contributed by atoms with Gasteiger partial charge in [0.1, 0.15) is 17.0 Å². The monoisotopic (exact) mass is 288 g/mol. The smallest absolute Gasteiger partial charge is 0.194 e. The van der Waals surface area contributed by atoms with Gasteiger partial charge in [0.15, 0.2) is 5.78 Å². The molecule has 0 spiro atoms. The normalized spacial score (nSPS) is 12.9. The first-order chi connectivity index (χ1) is 10.8. The van der Waals surface area contributed by atoms with E-state index in [0.717, 1.165) is 16.4 Å². The lowest BCUT2D eigenvalue weighted by Gasteiger charge is -2.03. The molecule has 0 aliphatic heterocycles. The number of carbonyl (C=O) groups is 1. The lowest BCUT2D eigenvalue weighted by molar-refractivity contribution is 0.104. The average Bonchev–Trinajstić information content (AvgIpc) is 3.04. The van der Waals surface area contributed by atoms with E-state index in [9.17, 15) is 9.18 Å². The van der Waals surface area contributed by atoms with Crippen LogP contribution in [0, 0.1) is 5.82 Å². The van der Waals surface area contributed by atoms with E-state index in [-0.39, 0.29) is 11.6 Å². The highest BCUT2D eigenvalue weighted by molar-refractivity contribution is 6.28. The number of benzene rings is 3. The van der Waals surface area contributed by atoms with Gasteiger partial charge in [0.25, 0.3) is 0 Å². The highest BCUT2D eigenvalue weighted by atomic mass is 19.1. The second-order valence-electron chi connectivity index (χ2n) is 5.45. The SMILES string of the molecule is O=C1c2cccc(F)c2-c2c1ccc1oc3ccccc3c21. The second-order valence-corrected chi connectivity index (χ2v) is 5.45. The molecule has 0 saturated heterocycles. The highest BCUT2D eigenvalue weighted by Gasteiger charge is 2.32. The third kappa shape index (κ3) is 1.26. The number of carbonyl (C=O) groups excluding carboxylic acids is 1. The molecular weight excluding hydrogens is 279 g/mol. The molecule has 0 saturated carbocycles. The predicted molar refractivity (Wildman–Crippen MR) is 82.5 cm³/mol. The van der Waals surface area contributed by atoms with Gasteiger partial charge in [-0.15, -0.1) is 0 Å². The number of furan rings is 1. The predicted octanol–water partition coefficient (Wildman–Crippen LogP) is 4.94. The van der Waals surface area contributed by atoms with Gasteiger partial charge in [0, 0.05) is 33.0 Å². The summed E-state index contributed by atoms with van der Waals surface area (Å²) in [6, 6.07) is 15.8. The summed E-state index contributed by atoms with van der Waals surface area (Å²) in [5.41, 5.74) is 3.42. The Balaban J connectivity index is 2.07. The van der Waals surface area contributed by atoms with E-state index in [2.05, 4.69) is 0 Å². The molecule has 4 aromatic rings. The van der Waals surface area contributed by atoms with Crippen molar-refractivity contribution in [2.45, 2.75) is 0 Å². The summed E-state index contributed by atoms with van der Waals surface area (Å²) in [5.74, 6) is -0.501. The van der Waals surface area contributed by atoms with Crippen molar-refractivity contribution in [3.63, 3.8) is 0 Å². The summed E-state index contributed by atoms with van der Waals surface area (Å²) in [6.07, 6.45) is 0. The first-order valence-electron chi connectivity index (χ1n) is 7.03. The summed E-state index contributed by atoms with van der Waals surface area (Å²) >= 11 is 0. The Morgan fingerprint density at radius 3 is 2.50 bits per heavy atom. The molecule has 1 heterocycles. The van der Waals surface area contributed by atoms with Crippen LogP contribution in [0.1, 0.15) is 15.9 Å². The van der Waals surface area contributed by atoms with Crippen LogP contribution >= 0.6 is 0 Å². The van der Waals surface area contributed by atoms with Gasteiger partial charge in [-0.2, -0.15) is 0 Å². The topological polar surface area (TPSA) is 30.2 Å². The molecule has 1 aromatic heterocycles. The number of hydrogen-bond donors (Lipinski definition) is 0. The van der Waals surface area contributed by atoms with Crippen molar-refractivity contribution in [1.82, 2.24) is 0 Å². The molecule has 2 nitrogen and oxygen atoms in total. The first-order valence-corrected chi connectivity index (χ1v) is 7.03. The molecule has 0 amide bonds. The van der Waals surface area contributed by atoms with Crippen molar-refractivity contribution in [1.29, 1.82) is 0 Å². The molecule has 0 radical (unpaired) electrons. The molecule has 5 rings (SSSR count). The number of fused-ring (bicyclic) bond motifs is 7. The van der Waals surface area contributed by atoms with E-state index in [1.54, 1.807) is 24.3 Å². The lowest BCUT2D eigenvalue weighted by Crippen LogP contribution is -1.94. The Morgan fingerprint density at radius 1 is 0.773 bits per heavy atom. The molecule has 0 unspecified atom stereocenters. The van der Waals surface area contributed by atoms with Crippen molar-refractivity contribution >= 4 is 27.7 Å². The van der Waals surface area contributed by atoms with Crippen LogP contribution in [-0.4, -0.2) is 5.78 Å². The molecule has 0 atom stereocenters. The molecular formula is C19H9FO2. The Bertz CT molecular complexity index is 1110. The van der Waals surface area contributed by atoms with Gasteiger partial charge in [-0.05, 0) is 24.3 Å². The van der Waals surface area contributed by atoms with E-state index in [1.807, 2.05) is 24.3 Å². The zero-order chi connectivity index (χ0) is 14.8. The van der Waals surface area contributed by atoms with Gasteiger partial charge in [-0.3, -0.25) is 4.79 Å². The number of ketones is 1. The largest absolute Gasteiger partial charge is 0.456 e. The van der Waals surface area contributed by atoms with E-state index >= 15 is 0 Å². The lowest BCUT2D eigenvalue weighted by atomic mass is 9.99. The zero-order valence-corrected chi connectivity index (χ0v) is 11.4. The van der Waals surface area contributed by atoms with Crippen molar-refractivity contribution in [3.8, 4) is 11.1 Å². The van der Waals surface area contributed by atoms with E-state index in [4.69, 9.17) is 4.42 Å². The van der Waals surface area contributed by atoms with Crippen LogP contribution in [0.3, 0.4) is 0 Å². The van der Waals surface area contributed by atoms with Crippen molar-refractivity contribution < 1.29 is 13.6 Å². The minimum absolute atomic E-state index is 0.128. The molecule has 22 heavy (non-hydrogen) atoms. The van der Waals surface area contributed by atoms with Crippen molar-refractivity contribution in [3.05, 3.63) is 71.5 Å². The maximum atomic E-state index is 14.4. The van der Waals surface area contributed by atoms with Gasteiger partial charge >= 0.3 is 0 Å². The maximum absolute atomic E-state index is 14.4. The van der Waals surface area contributed by atoms with Gasteiger partial charge < -0.3 is 4.42 Å². The molecule has 3 aromatic carbocycles. The second kappa shape index (κ2) is 3.83. The number of para-hydroxylation sites is 1. The van der Waals surface area contributed by atoms with Crippen LogP contribution in [0.25, 0.3) is 33.1 Å². The van der Waals surface area contributed by atoms with E-state index < -0.39 is 0 Å². The Kier molecular flexibility index (Phi) is 2.03. The molecule has 0 fully saturated rings. The third-order valence-electron chi connectivity index (χ3n) is 4.30. The number of hydrogen-bond acceptors (Lipinski definition) is 2. The fraction of sp³-hybridized carbons (Fsp3) is 0. The first kappa shape index (κ1) is 11.7. The van der Waals surface area contributed by atoms with Crippen LogP contribution in [0.2, 0.25) is 0 Å². The number of halogens is 1. The quantitative estimate of drug-likeness (QED) is 0.404. The third-order valence-corrected chi connectivity index (χ3v) is 4.30. The van der Waals surface area contributed by atoms with Crippen molar-refractivity contribution in [2.24, 2.45) is 0 Å². The fourth-order valence-corrected chi connectivity index (χ4v) is 3.38. The van der Waals surface area contributed by atoms with Gasteiger partial charge in [-0.25, -0.2) is 4.39 Å². The Morgan fingerprint density at radius 2 is 1.59 bits per heavy atom. The van der Waals surface area contributed by atoms with Crippen LogP contribution in [0.15, 0.2) is 59.0 Å². The van der Waals surface area contributed by atoms with E-state index in [1.165, 1.54) is 6.07 Å².